The maximum Gasteiger partial charge on any atom is 0.328 e. The third-order valence-electron chi connectivity index (χ3n) is 4.42. The molecule has 0 aliphatic rings. The Labute approximate surface area is 193 Å². The molecule has 0 heterocycles. The predicted octanol–water partition coefficient (Wildman–Crippen LogP) is 6.02. The first-order valence-electron chi connectivity index (χ1n) is 9.47. The van der Waals surface area contributed by atoms with Crippen molar-refractivity contribution in [2.75, 3.05) is 6.61 Å². The van der Waals surface area contributed by atoms with Gasteiger partial charge in [0.2, 0.25) is 0 Å². The molecule has 160 valence electrons. The van der Waals surface area contributed by atoms with E-state index in [4.69, 9.17) is 33.0 Å². The fourth-order valence-corrected chi connectivity index (χ4v) is 5.07. The Hall–Kier alpha value is -2.60. The molecule has 1 N–H and O–H groups in total. The molecular weight excluding hydrogens is 455 g/mol. The summed E-state index contributed by atoms with van der Waals surface area (Å²) in [5, 5.41) is 9.70. The molecule has 0 aliphatic carbocycles. The number of rotatable bonds is 9. The first-order valence-corrected chi connectivity index (χ1v) is 11.5. The maximum absolute atomic E-state index is 12.8. The number of hydrogen-bond acceptors (Lipinski definition) is 3. The Bertz CT molecular complexity index is 1090. The Morgan fingerprint density at radius 2 is 1.68 bits per heavy atom. The summed E-state index contributed by atoms with van der Waals surface area (Å²) in [4.78, 5) is 11.4. The second-order valence-electron chi connectivity index (χ2n) is 6.67. The summed E-state index contributed by atoms with van der Waals surface area (Å²) in [5.74, 6) is -0.326. The lowest BCUT2D eigenvalue weighted by Gasteiger charge is -2.12. The van der Waals surface area contributed by atoms with Gasteiger partial charge in [-0.3, -0.25) is 4.21 Å². The van der Waals surface area contributed by atoms with E-state index in [9.17, 15) is 9.00 Å². The molecule has 0 bridgehead atoms. The van der Waals surface area contributed by atoms with Gasteiger partial charge in [-0.1, -0.05) is 65.7 Å². The van der Waals surface area contributed by atoms with Crippen LogP contribution in [0.15, 0.2) is 77.7 Å². The van der Waals surface area contributed by atoms with Gasteiger partial charge in [0.05, 0.1) is 38.1 Å². The van der Waals surface area contributed by atoms with Gasteiger partial charge in [0.25, 0.3) is 0 Å². The third kappa shape index (κ3) is 6.69. The van der Waals surface area contributed by atoms with Crippen LogP contribution in [0, 0.1) is 0 Å². The van der Waals surface area contributed by atoms with Gasteiger partial charge >= 0.3 is 5.97 Å². The Morgan fingerprint density at radius 1 is 0.968 bits per heavy atom. The van der Waals surface area contributed by atoms with Gasteiger partial charge in [-0.2, -0.15) is 0 Å². The standard InChI is InChI=1S/C24H20Cl2O4S/c25-20-7-4-8-21(26)24(20)31(29)16-18-9-11-22(19(15-18)10-12-23(27)28)30-14-13-17-5-2-1-3-6-17/h1-12,15H,13-14,16H2,(H,27,28)/b12-10+. The summed E-state index contributed by atoms with van der Waals surface area (Å²) in [6.45, 7) is 0.443. The number of benzene rings is 3. The molecule has 7 heteroatoms. The fourth-order valence-electron chi connectivity index (χ4n) is 2.96. The summed E-state index contributed by atoms with van der Waals surface area (Å²) in [6.07, 6.45) is 3.24. The molecule has 0 aromatic heterocycles. The van der Waals surface area contributed by atoms with E-state index in [1.54, 1.807) is 36.4 Å². The molecule has 0 saturated carbocycles. The first-order chi connectivity index (χ1) is 14.9. The van der Waals surface area contributed by atoms with E-state index in [2.05, 4.69) is 0 Å². The van der Waals surface area contributed by atoms with E-state index >= 15 is 0 Å². The summed E-state index contributed by atoms with van der Waals surface area (Å²) >= 11 is 12.3. The normalized spacial score (nSPS) is 12.1. The highest BCUT2D eigenvalue weighted by Gasteiger charge is 2.14. The summed E-state index contributed by atoms with van der Waals surface area (Å²) in [5.41, 5.74) is 2.48. The molecule has 3 rings (SSSR count). The minimum atomic E-state index is -1.46. The lowest BCUT2D eigenvalue weighted by atomic mass is 10.1. The first kappa shape index (κ1) is 23.1. The van der Waals surface area contributed by atoms with Gasteiger partial charge in [-0.15, -0.1) is 0 Å². The van der Waals surface area contributed by atoms with Gasteiger partial charge in [-0.05, 0) is 41.5 Å². The highest BCUT2D eigenvalue weighted by atomic mass is 35.5. The van der Waals surface area contributed by atoms with Crippen molar-refractivity contribution in [3.05, 3.63) is 99.5 Å². The smallest absolute Gasteiger partial charge is 0.328 e. The number of carboxylic acid groups (broad SMARTS) is 1. The highest BCUT2D eigenvalue weighted by molar-refractivity contribution is 7.84. The van der Waals surface area contributed by atoms with Crippen LogP contribution in [0.4, 0.5) is 0 Å². The van der Waals surface area contributed by atoms with Gasteiger partial charge in [0.15, 0.2) is 0 Å². The molecular formula is C24H20Cl2O4S. The van der Waals surface area contributed by atoms with Crippen molar-refractivity contribution >= 4 is 46.0 Å². The van der Waals surface area contributed by atoms with Crippen LogP contribution < -0.4 is 4.74 Å². The number of ether oxygens (including phenoxy) is 1. The van der Waals surface area contributed by atoms with Crippen LogP contribution in [-0.4, -0.2) is 21.9 Å². The zero-order chi connectivity index (χ0) is 22.2. The van der Waals surface area contributed by atoms with Crippen LogP contribution in [0.3, 0.4) is 0 Å². The summed E-state index contributed by atoms with van der Waals surface area (Å²) < 4.78 is 18.7. The van der Waals surface area contributed by atoms with Crippen molar-refractivity contribution in [3.63, 3.8) is 0 Å². The van der Waals surface area contributed by atoms with Crippen LogP contribution >= 0.6 is 23.2 Å². The van der Waals surface area contributed by atoms with Crippen LogP contribution in [0.25, 0.3) is 6.08 Å². The monoisotopic (exact) mass is 474 g/mol. The number of halogens is 2. The Kier molecular flexibility index (Phi) is 8.29. The molecule has 3 aromatic carbocycles. The average molecular weight is 475 g/mol. The molecule has 1 atom stereocenters. The number of carboxylic acids is 1. The second kappa shape index (κ2) is 11.1. The fraction of sp³-hybridized carbons (Fsp3) is 0.125. The molecule has 0 spiro atoms. The number of hydrogen-bond donors (Lipinski definition) is 1. The minimum absolute atomic E-state index is 0.182. The number of carbonyl (C=O) groups is 1. The number of aliphatic carboxylic acids is 1. The molecule has 0 radical (unpaired) electrons. The Balaban J connectivity index is 1.78. The molecule has 0 amide bonds. The van der Waals surface area contributed by atoms with Gasteiger partial charge in [0, 0.05) is 18.1 Å². The third-order valence-corrected chi connectivity index (χ3v) is 6.76. The van der Waals surface area contributed by atoms with E-state index in [1.807, 2.05) is 30.3 Å². The van der Waals surface area contributed by atoms with Crippen molar-refractivity contribution in [1.29, 1.82) is 0 Å². The van der Waals surface area contributed by atoms with Crippen LogP contribution in [0.2, 0.25) is 10.0 Å². The lowest BCUT2D eigenvalue weighted by Crippen LogP contribution is -2.04. The zero-order valence-electron chi connectivity index (χ0n) is 16.5. The van der Waals surface area contributed by atoms with Gasteiger partial charge < -0.3 is 9.84 Å². The topological polar surface area (TPSA) is 63.6 Å². The van der Waals surface area contributed by atoms with Crippen LogP contribution in [0.5, 0.6) is 5.75 Å². The van der Waals surface area contributed by atoms with E-state index in [1.165, 1.54) is 6.08 Å². The molecule has 31 heavy (non-hydrogen) atoms. The maximum atomic E-state index is 12.8. The predicted molar refractivity (Wildman–Crippen MR) is 125 cm³/mol. The van der Waals surface area contributed by atoms with Gasteiger partial charge in [0.1, 0.15) is 5.75 Å². The van der Waals surface area contributed by atoms with Crippen molar-refractivity contribution in [3.8, 4) is 5.75 Å². The molecule has 1 unspecified atom stereocenters. The molecule has 0 fully saturated rings. The lowest BCUT2D eigenvalue weighted by molar-refractivity contribution is -0.131. The summed E-state index contributed by atoms with van der Waals surface area (Å²) in [6, 6.07) is 20.2. The van der Waals surface area contributed by atoms with Crippen LogP contribution in [0.1, 0.15) is 16.7 Å². The molecule has 0 saturated heterocycles. The molecule has 4 nitrogen and oxygen atoms in total. The zero-order valence-corrected chi connectivity index (χ0v) is 18.8. The highest BCUT2D eigenvalue weighted by Crippen LogP contribution is 2.30. The SMILES string of the molecule is O=C(O)/C=C/c1cc(CS(=O)c2c(Cl)cccc2Cl)ccc1OCCc1ccccc1. The molecule has 0 aliphatic heterocycles. The quantitative estimate of drug-likeness (QED) is 0.385. The van der Waals surface area contributed by atoms with Crippen molar-refractivity contribution in [2.24, 2.45) is 0 Å². The van der Waals surface area contributed by atoms with E-state index in [0.717, 1.165) is 23.6 Å². The van der Waals surface area contributed by atoms with Gasteiger partial charge in [-0.25, -0.2) is 4.79 Å². The van der Waals surface area contributed by atoms with Crippen molar-refractivity contribution in [1.82, 2.24) is 0 Å². The van der Waals surface area contributed by atoms with Crippen LogP contribution in [-0.2, 0) is 27.8 Å². The van der Waals surface area contributed by atoms with Crippen molar-refractivity contribution in [2.45, 2.75) is 17.1 Å². The Morgan fingerprint density at radius 3 is 2.35 bits per heavy atom. The molecule has 3 aromatic rings. The summed E-state index contributed by atoms with van der Waals surface area (Å²) in [7, 11) is -1.46. The van der Waals surface area contributed by atoms with E-state index < -0.39 is 16.8 Å². The largest absolute Gasteiger partial charge is 0.493 e. The van der Waals surface area contributed by atoms with E-state index in [0.29, 0.717) is 32.9 Å². The van der Waals surface area contributed by atoms with Crippen molar-refractivity contribution < 1.29 is 18.8 Å². The van der Waals surface area contributed by atoms with E-state index in [-0.39, 0.29) is 5.75 Å². The minimum Gasteiger partial charge on any atom is -0.493 e. The second-order valence-corrected chi connectivity index (χ2v) is 8.87. The average Bonchev–Trinajstić information content (AvgIpc) is 2.74.